The summed E-state index contributed by atoms with van der Waals surface area (Å²) in [6, 6.07) is 5.62. The zero-order valence-corrected chi connectivity index (χ0v) is 12.2. The van der Waals surface area contributed by atoms with E-state index in [2.05, 4.69) is 29.6 Å². The molecule has 110 valence electrons. The standard InChI is InChI=1S/C15H23N3O2/c1-18(2)10-4-3-8-17-15(19)12-6-5-7-13-14(12)20-11-9-16-13/h5-7,16H,3-4,8-11H2,1-2H3,(H,17,19). The number of benzene rings is 1. The van der Waals surface area contributed by atoms with Gasteiger partial charge in [0, 0.05) is 13.1 Å². The average Bonchev–Trinajstić information content (AvgIpc) is 2.45. The van der Waals surface area contributed by atoms with E-state index in [9.17, 15) is 4.79 Å². The molecule has 0 saturated carbocycles. The third-order valence-electron chi connectivity index (χ3n) is 3.24. The van der Waals surface area contributed by atoms with Crippen molar-refractivity contribution in [1.82, 2.24) is 10.2 Å². The minimum Gasteiger partial charge on any atom is -0.489 e. The lowest BCUT2D eigenvalue weighted by molar-refractivity contribution is 0.0948. The Bertz CT molecular complexity index is 460. The van der Waals surface area contributed by atoms with Crippen molar-refractivity contribution in [1.29, 1.82) is 0 Å². The van der Waals surface area contributed by atoms with Crippen LogP contribution in [0.15, 0.2) is 18.2 Å². The molecule has 0 unspecified atom stereocenters. The summed E-state index contributed by atoms with van der Waals surface area (Å²) in [7, 11) is 4.11. The number of hydrogen-bond acceptors (Lipinski definition) is 4. The molecule has 0 aromatic heterocycles. The van der Waals surface area contributed by atoms with Crippen LogP contribution in [0.3, 0.4) is 0 Å². The van der Waals surface area contributed by atoms with Crippen LogP contribution >= 0.6 is 0 Å². The van der Waals surface area contributed by atoms with E-state index in [0.717, 1.165) is 31.6 Å². The minimum atomic E-state index is -0.0598. The van der Waals surface area contributed by atoms with Crippen LogP contribution in [0.4, 0.5) is 5.69 Å². The molecule has 20 heavy (non-hydrogen) atoms. The van der Waals surface area contributed by atoms with E-state index >= 15 is 0 Å². The molecule has 0 atom stereocenters. The van der Waals surface area contributed by atoms with Gasteiger partial charge in [-0.2, -0.15) is 0 Å². The molecule has 1 aromatic rings. The second kappa shape index (κ2) is 7.14. The lowest BCUT2D eigenvalue weighted by atomic mass is 10.1. The Balaban J connectivity index is 1.86. The molecule has 0 spiro atoms. The Morgan fingerprint density at radius 3 is 3.05 bits per heavy atom. The first kappa shape index (κ1) is 14.7. The number of nitrogens with zero attached hydrogens (tertiary/aromatic N) is 1. The van der Waals surface area contributed by atoms with Gasteiger partial charge < -0.3 is 20.3 Å². The maximum atomic E-state index is 12.2. The molecule has 0 radical (unpaired) electrons. The number of carbonyl (C=O) groups excluding carboxylic acids is 1. The highest BCUT2D eigenvalue weighted by atomic mass is 16.5. The van der Waals surface area contributed by atoms with Crippen LogP contribution in [0.1, 0.15) is 23.2 Å². The highest BCUT2D eigenvalue weighted by Crippen LogP contribution is 2.30. The van der Waals surface area contributed by atoms with Crippen molar-refractivity contribution < 1.29 is 9.53 Å². The molecular weight excluding hydrogens is 254 g/mol. The van der Waals surface area contributed by atoms with Crippen LogP contribution < -0.4 is 15.4 Å². The minimum absolute atomic E-state index is 0.0598. The predicted molar refractivity (Wildman–Crippen MR) is 80.5 cm³/mol. The van der Waals surface area contributed by atoms with Gasteiger partial charge in [0.1, 0.15) is 6.61 Å². The molecule has 0 saturated heterocycles. The Labute approximate surface area is 120 Å². The summed E-state index contributed by atoms with van der Waals surface area (Å²) in [4.78, 5) is 14.3. The Morgan fingerprint density at radius 1 is 1.40 bits per heavy atom. The largest absolute Gasteiger partial charge is 0.489 e. The molecule has 1 aliphatic rings. The molecule has 0 fully saturated rings. The van der Waals surface area contributed by atoms with Crippen molar-refractivity contribution in [3.8, 4) is 5.75 Å². The van der Waals surface area contributed by atoms with E-state index < -0.39 is 0 Å². The molecule has 1 aliphatic heterocycles. The number of hydrogen-bond donors (Lipinski definition) is 2. The second-order valence-corrected chi connectivity index (χ2v) is 5.22. The summed E-state index contributed by atoms with van der Waals surface area (Å²) < 4.78 is 5.60. The SMILES string of the molecule is CN(C)CCCCNC(=O)c1cccc2c1OCCN2. The van der Waals surface area contributed by atoms with Gasteiger partial charge in [0.15, 0.2) is 5.75 Å². The van der Waals surface area contributed by atoms with Gasteiger partial charge in [0.2, 0.25) is 0 Å². The van der Waals surface area contributed by atoms with E-state index in [4.69, 9.17) is 4.74 Å². The van der Waals surface area contributed by atoms with Crippen LogP contribution in [0.25, 0.3) is 0 Å². The highest BCUT2D eigenvalue weighted by Gasteiger charge is 2.18. The summed E-state index contributed by atoms with van der Waals surface area (Å²) in [6.45, 7) is 3.12. The fourth-order valence-electron chi connectivity index (χ4n) is 2.20. The maximum absolute atomic E-state index is 12.2. The molecule has 0 bridgehead atoms. The van der Waals surface area contributed by atoms with E-state index in [0.29, 0.717) is 24.5 Å². The third-order valence-corrected chi connectivity index (χ3v) is 3.24. The van der Waals surface area contributed by atoms with Gasteiger partial charge in [-0.05, 0) is 45.6 Å². The molecular formula is C15H23N3O2. The van der Waals surface area contributed by atoms with Crippen molar-refractivity contribution in [2.24, 2.45) is 0 Å². The van der Waals surface area contributed by atoms with Crippen molar-refractivity contribution >= 4 is 11.6 Å². The maximum Gasteiger partial charge on any atom is 0.255 e. The number of fused-ring (bicyclic) bond motifs is 1. The number of rotatable bonds is 6. The van der Waals surface area contributed by atoms with Crippen LogP contribution in [-0.4, -0.2) is 51.1 Å². The smallest absolute Gasteiger partial charge is 0.255 e. The fourth-order valence-corrected chi connectivity index (χ4v) is 2.20. The van der Waals surface area contributed by atoms with Gasteiger partial charge in [-0.1, -0.05) is 6.07 Å². The summed E-state index contributed by atoms with van der Waals surface area (Å²) >= 11 is 0. The molecule has 1 heterocycles. The molecule has 1 amide bonds. The molecule has 1 aromatic carbocycles. The lowest BCUT2D eigenvalue weighted by Crippen LogP contribution is -2.27. The zero-order valence-electron chi connectivity index (χ0n) is 12.2. The number of ether oxygens (including phenoxy) is 1. The van der Waals surface area contributed by atoms with Gasteiger partial charge in [-0.3, -0.25) is 4.79 Å². The highest BCUT2D eigenvalue weighted by molar-refractivity contribution is 5.98. The normalized spacial score (nSPS) is 13.3. The zero-order chi connectivity index (χ0) is 14.4. The third kappa shape index (κ3) is 3.87. The summed E-state index contributed by atoms with van der Waals surface area (Å²) in [5, 5.41) is 6.19. The second-order valence-electron chi connectivity index (χ2n) is 5.22. The summed E-state index contributed by atoms with van der Waals surface area (Å²) in [5.74, 6) is 0.611. The summed E-state index contributed by atoms with van der Waals surface area (Å²) in [5.41, 5.74) is 1.51. The number of carbonyl (C=O) groups is 1. The first-order valence-corrected chi connectivity index (χ1v) is 7.11. The van der Waals surface area contributed by atoms with Crippen LogP contribution in [0.5, 0.6) is 5.75 Å². The first-order chi connectivity index (χ1) is 9.68. The van der Waals surface area contributed by atoms with Crippen molar-refractivity contribution in [3.63, 3.8) is 0 Å². The first-order valence-electron chi connectivity index (χ1n) is 7.11. The van der Waals surface area contributed by atoms with E-state index in [1.165, 1.54) is 0 Å². The Morgan fingerprint density at radius 2 is 2.25 bits per heavy atom. The van der Waals surface area contributed by atoms with E-state index in [1.54, 1.807) is 6.07 Å². The monoisotopic (exact) mass is 277 g/mol. The van der Waals surface area contributed by atoms with E-state index in [-0.39, 0.29) is 5.91 Å². The van der Waals surface area contributed by atoms with Gasteiger partial charge in [0.25, 0.3) is 5.91 Å². The molecule has 5 nitrogen and oxygen atoms in total. The molecule has 2 rings (SSSR count). The van der Waals surface area contributed by atoms with Gasteiger partial charge >= 0.3 is 0 Å². The van der Waals surface area contributed by atoms with Crippen molar-refractivity contribution in [2.45, 2.75) is 12.8 Å². The number of amides is 1. The fraction of sp³-hybridized carbons (Fsp3) is 0.533. The number of unbranched alkanes of at least 4 members (excludes halogenated alkanes) is 1. The predicted octanol–water partition coefficient (Wildman–Crippen LogP) is 1.56. The van der Waals surface area contributed by atoms with Crippen LogP contribution in [0, 0.1) is 0 Å². The van der Waals surface area contributed by atoms with E-state index in [1.807, 2.05) is 12.1 Å². The molecule has 5 heteroatoms. The Hall–Kier alpha value is -1.75. The summed E-state index contributed by atoms with van der Waals surface area (Å²) in [6.07, 6.45) is 2.07. The van der Waals surface area contributed by atoms with Crippen molar-refractivity contribution in [3.05, 3.63) is 23.8 Å². The number of anilines is 1. The van der Waals surface area contributed by atoms with Gasteiger partial charge in [-0.15, -0.1) is 0 Å². The number of nitrogens with one attached hydrogen (secondary N) is 2. The lowest BCUT2D eigenvalue weighted by Gasteiger charge is -2.21. The van der Waals surface area contributed by atoms with Gasteiger partial charge in [-0.25, -0.2) is 0 Å². The van der Waals surface area contributed by atoms with Crippen LogP contribution in [-0.2, 0) is 0 Å². The molecule has 2 N–H and O–H groups in total. The topological polar surface area (TPSA) is 53.6 Å². The quantitative estimate of drug-likeness (QED) is 0.775. The van der Waals surface area contributed by atoms with Gasteiger partial charge in [0.05, 0.1) is 11.3 Å². The number of para-hydroxylation sites is 1. The average molecular weight is 277 g/mol. The molecule has 0 aliphatic carbocycles. The van der Waals surface area contributed by atoms with Crippen molar-refractivity contribution in [2.75, 3.05) is 45.7 Å². The van der Waals surface area contributed by atoms with Crippen LogP contribution in [0.2, 0.25) is 0 Å². The Kier molecular flexibility index (Phi) is 5.24.